The molecule has 1 rings (SSSR count). The highest BCUT2D eigenvalue weighted by atomic mass is 79.9. The highest BCUT2D eigenvalue weighted by Gasteiger charge is 2.14. The lowest BCUT2D eigenvalue weighted by Gasteiger charge is -2.06. The first kappa shape index (κ1) is 10.5. The van der Waals surface area contributed by atoms with Crippen molar-refractivity contribution >= 4 is 43.5 Å². The summed E-state index contributed by atoms with van der Waals surface area (Å²) in [6, 6.07) is 3.39. The lowest BCUT2D eigenvalue weighted by atomic mass is 10.2. The number of halogens is 2. The predicted octanol–water partition coefficient (Wildman–Crippen LogP) is 2.58. The maximum absolute atomic E-state index is 11.2. The zero-order valence-electron chi connectivity index (χ0n) is 6.80. The molecular formula is C8H7Br2NO2. The number of rotatable bonds is 1. The van der Waals surface area contributed by atoms with Gasteiger partial charge in [0.2, 0.25) is 0 Å². The molecule has 0 fully saturated rings. The monoisotopic (exact) mass is 307 g/mol. The first-order valence-electron chi connectivity index (χ1n) is 3.39. The van der Waals surface area contributed by atoms with Crippen molar-refractivity contribution in [2.24, 2.45) is 0 Å². The maximum atomic E-state index is 11.2. The van der Waals surface area contributed by atoms with E-state index in [1.54, 1.807) is 12.1 Å². The number of carbonyl (C=O) groups is 1. The summed E-state index contributed by atoms with van der Waals surface area (Å²) in [6.07, 6.45) is 0. The van der Waals surface area contributed by atoms with Crippen LogP contribution < -0.4 is 5.73 Å². The van der Waals surface area contributed by atoms with Crippen LogP contribution in [0.2, 0.25) is 0 Å². The van der Waals surface area contributed by atoms with Crippen LogP contribution in [0.1, 0.15) is 10.4 Å². The molecule has 0 aliphatic rings. The summed E-state index contributed by atoms with van der Waals surface area (Å²) < 4.78 is 6.00. The highest BCUT2D eigenvalue weighted by molar-refractivity contribution is 9.11. The van der Waals surface area contributed by atoms with Gasteiger partial charge in [0.1, 0.15) is 0 Å². The molecule has 0 unspecified atom stereocenters. The van der Waals surface area contributed by atoms with E-state index in [2.05, 4.69) is 36.6 Å². The van der Waals surface area contributed by atoms with E-state index in [-0.39, 0.29) is 0 Å². The molecule has 0 spiro atoms. The summed E-state index contributed by atoms with van der Waals surface area (Å²) in [5.74, 6) is -0.447. The van der Waals surface area contributed by atoms with Gasteiger partial charge in [0.15, 0.2) is 0 Å². The lowest BCUT2D eigenvalue weighted by molar-refractivity contribution is 0.0601. The standard InChI is InChI=1S/C8H7Br2NO2/c1-13-8(12)7-5(10)2-4(9)3-6(7)11/h2-3H,11H2,1H3. The van der Waals surface area contributed by atoms with Gasteiger partial charge in [-0.15, -0.1) is 0 Å². The lowest BCUT2D eigenvalue weighted by Crippen LogP contribution is -2.06. The van der Waals surface area contributed by atoms with Gasteiger partial charge in [0, 0.05) is 14.6 Å². The Balaban J connectivity index is 3.28. The average molecular weight is 309 g/mol. The molecule has 0 aromatic heterocycles. The predicted molar refractivity (Wildman–Crippen MR) is 57.6 cm³/mol. The van der Waals surface area contributed by atoms with E-state index in [0.29, 0.717) is 15.7 Å². The van der Waals surface area contributed by atoms with Gasteiger partial charge >= 0.3 is 5.97 Å². The van der Waals surface area contributed by atoms with Crippen LogP contribution in [-0.4, -0.2) is 13.1 Å². The molecule has 13 heavy (non-hydrogen) atoms. The van der Waals surface area contributed by atoms with Gasteiger partial charge in [0.05, 0.1) is 12.7 Å². The summed E-state index contributed by atoms with van der Waals surface area (Å²) in [4.78, 5) is 11.2. The molecule has 0 heterocycles. The Kier molecular flexibility index (Phi) is 3.33. The van der Waals surface area contributed by atoms with Crippen LogP contribution in [0.4, 0.5) is 5.69 Å². The first-order valence-corrected chi connectivity index (χ1v) is 4.97. The minimum absolute atomic E-state index is 0.353. The number of carbonyl (C=O) groups excluding carboxylic acids is 1. The normalized spacial score (nSPS) is 9.77. The summed E-state index contributed by atoms with van der Waals surface area (Å²) >= 11 is 6.48. The number of benzene rings is 1. The van der Waals surface area contributed by atoms with Gasteiger partial charge in [-0.05, 0) is 28.1 Å². The third-order valence-electron chi connectivity index (χ3n) is 1.48. The van der Waals surface area contributed by atoms with Crippen molar-refractivity contribution in [1.82, 2.24) is 0 Å². The highest BCUT2D eigenvalue weighted by Crippen LogP contribution is 2.28. The zero-order valence-corrected chi connectivity index (χ0v) is 9.98. The molecule has 0 radical (unpaired) electrons. The summed E-state index contributed by atoms with van der Waals surface area (Å²) in [5.41, 5.74) is 6.37. The van der Waals surface area contributed by atoms with E-state index in [1.807, 2.05) is 0 Å². The number of ether oxygens (including phenoxy) is 1. The van der Waals surface area contributed by atoms with Crippen LogP contribution >= 0.6 is 31.9 Å². The van der Waals surface area contributed by atoms with Crippen molar-refractivity contribution in [3.63, 3.8) is 0 Å². The van der Waals surface area contributed by atoms with Crippen molar-refractivity contribution in [1.29, 1.82) is 0 Å². The number of hydrogen-bond donors (Lipinski definition) is 1. The molecule has 0 bridgehead atoms. The molecule has 0 aliphatic carbocycles. The summed E-state index contributed by atoms with van der Waals surface area (Å²) in [6.45, 7) is 0. The molecule has 0 atom stereocenters. The minimum atomic E-state index is -0.447. The maximum Gasteiger partial charge on any atom is 0.341 e. The zero-order chi connectivity index (χ0) is 10.0. The molecule has 0 saturated heterocycles. The summed E-state index contributed by atoms with van der Waals surface area (Å²) in [5, 5.41) is 0. The topological polar surface area (TPSA) is 52.3 Å². The second-order valence-electron chi connectivity index (χ2n) is 2.34. The third-order valence-corrected chi connectivity index (χ3v) is 2.56. The Bertz CT molecular complexity index is 329. The van der Waals surface area contributed by atoms with Gasteiger partial charge in [-0.25, -0.2) is 4.79 Å². The Morgan fingerprint density at radius 1 is 1.46 bits per heavy atom. The van der Waals surface area contributed by atoms with Gasteiger partial charge in [-0.3, -0.25) is 0 Å². The van der Waals surface area contributed by atoms with E-state index in [4.69, 9.17) is 5.73 Å². The largest absolute Gasteiger partial charge is 0.465 e. The number of nitrogen functional groups attached to an aromatic ring is 1. The SMILES string of the molecule is COC(=O)c1c(N)cc(Br)cc1Br. The van der Waals surface area contributed by atoms with Crippen LogP contribution in [0.5, 0.6) is 0 Å². The van der Waals surface area contributed by atoms with Crippen LogP contribution in [0.3, 0.4) is 0 Å². The van der Waals surface area contributed by atoms with Crippen molar-refractivity contribution in [3.8, 4) is 0 Å². The Hall–Kier alpha value is -0.550. The fraction of sp³-hybridized carbons (Fsp3) is 0.125. The smallest absolute Gasteiger partial charge is 0.341 e. The minimum Gasteiger partial charge on any atom is -0.465 e. The van der Waals surface area contributed by atoms with E-state index in [1.165, 1.54) is 7.11 Å². The van der Waals surface area contributed by atoms with Gasteiger partial charge < -0.3 is 10.5 Å². The third kappa shape index (κ3) is 2.22. The molecule has 3 nitrogen and oxygen atoms in total. The van der Waals surface area contributed by atoms with Crippen molar-refractivity contribution in [2.75, 3.05) is 12.8 Å². The molecule has 5 heteroatoms. The molecule has 1 aromatic carbocycles. The Morgan fingerprint density at radius 3 is 2.54 bits per heavy atom. The number of nitrogens with two attached hydrogens (primary N) is 1. The van der Waals surface area contributed by atoms with Crippen molar-refractivity contribution in [2.45, 2.75) is 0 Å². The molecule has 70 valence electrons. The van der Waals surface area contributed by atoms with Gasteiger partial charge in [-0.1, -0.05) is 15.9 Å². The first-order chi connectivity index (χ1) is 6.06. The average Bonchev–Trinajstić information content (AvgIpc) is 2.02. The second kappa shape index (κ2) is 4.11. The number of esters is 1. The molecule has 2 N–H and O–H groups in total. The van der Waals surface area contributed by atoms with Crippen molar-refractivity contribution < 1.29 is 9.53 Å². The van der Waals surface area contributed by atoms with Gasteiger partial charge in [0.25, 0.3) is 0 Å². The molecular weight excluding hydrogens is 302 g/mol. The second-order valence-corrected chi connectivity index (χ2v) is 4.11. The fourth-order valence-electron chi connectivity index (χ4n) is 0.911. The number of methoxy groups -OCH3 is 1. The number of anilines is 1. The molecule has 0 amide bonds. The van der Waals surface area contributed by atoms with Crippen LogP contribution in [0.25, 0.3) is 0 Å². The molecule has 0 saturated carbocycles. The van der Waals surface area contributed by atoms with Crippen LogP contribution in [0.15, 0.2) is 21.1 Å². The molecule has 1 aromatic rings. The fourth-order valence-corrected chi connectivity index (χ4v) is 2.33. The van der Waals surface area contributed by atoms with E-state index in [9.17, 15) is 4.79 Å². The van der Waals surface area contributed by atoms with Crippen LogP contribution in [-0.2, 0) is 4.74 Å². The van der Waals surface area contributed by atoms with Gasteiger partial charge in [-0.2, -0.15) is 0 Å². The quantitative estimate of drug-likeness (QED) is 0.641. The van der Waals surface area contributed by atoms with E-state index >= 15 is 0 Å². The molecule has 0 aliphatic heterocycles. The van der Waals surface area contributed by atoms with E-state index in [0.717, 1.165) is 4.47 Å². The van der Waals surface area contributed by atoms with Crippen molar-refractivity contribution in [3.05, 3.63) is 26.6 Å². The van der Waals surface area contributed by atoms with E-state index < -0.39 is 5.97 Å². The number of hydrogen-bond acceptors (Lipinski definition) is 3. The Labute approximate surface area is 92.5 Å². The summed E-state index contributed by atoms with van der Waals surface area (Å²) in [7, 11) is 1.32. The Morgan fingerprint density at radius 2 is 2.08 bits per heavy atom. The van der Waals surface area contributed by atoms with Crippen LogP contribution in [0, 0.1) is 0 Å².